The van der Waals surface area contributed by atoms with Gasteiger partial charge in [-0.05, 0) is 12.1 Å². The van der Waals surface area contributed by atoms with Crippen LogP contribution in [0.2, 0.25) is 0 Å². The molecule has 0 aliphatic heterocycles. The van der Waals surface area contributed by atoms with Crippen molar-refractivity contribution in [1.29, 1.82) is 0 Å². The molecule has 4 heteroatoms. The molecule has 0 fully saturated rings. The summed E-state index contributed by atoms with van der Waals surface area (Å²) in [6.07, 6.45) is 4.51. The number of ketones is 1. The Morgan fingerprint density at radius 3 is 3.07 bits per heavy atom. The molecule has 2 rings (SSSR count). The Kier molecular flexibility index (Phi) is 2.51. The van der Waals surface area contributed by atoms with Gasteiger partial charge in [-0.15, -0.1) is 0 Å². The maximum Gasteiger partial charge on any atom is 0.176 e. The molecule has 2 heterocycles. The Labute approximate surface area is 87.7 Å². The fourth-order valence-electron chi connectivity index (χ4n) is 1.61. The lowest BCUT2D eigenvalue weighted by Crippen LogP contribution is -2.13. The van der Waals surface area contributed by atoms with Gasteiger partial charge in [0.05, 0.1) is 18.3 Å². The predicted octanol–water partition coefficient (Wildman–Crippen LogP) is 1.04. The maximum absolute atomic E-state index is 11.4. The fraction of sp³-hybridized carbons (Fsp3) is 0.273. The van der Waals surface area contributed by atoms with Crippen LogP contribution < -0.4 is 5.73 Å². The Hall–Kier alpha value is -1.68. The predicted molar refractivity (Wildman–Crippen MR) is 58.0 cm³/mol. The number of hydrogen-bond donors (Lipinski definition) is 1. The van der Waals surface area contributed by atoms with E-state index in [1.807, 2.05) is 23.6 Å². The lowest BCUT2D eigenvalue weighted by atomic mass is 10.1. The van der Waals surface area contributed by atoms with Crippen LogP contribution in [0.3, 0.4) is 0 Å². The van der Waals surface area contributed by atoms with E-state index in [0.717, 1.165) is 17.8 Å². The molecule has 0 saturated carbocycles. The van der Waals surface area contributed by atoms with Crippen molar-refractivity contribution in [2.24, 2.45) is 5.73 Å². The van der Waals surface area contributed by atoms with Crippen LogP contribution in [0.15, 0.2) is 24.5 Å². The number of rotatable bonds is 3. The topological polar surface area (TPSA) is 60.4 Å². The summed E-state index contributed by atoms with van der Waals surface area (Å²) >= 11 is 0. The lowest BCUT2D eigenvalue weighted by molar-refractivity contribution is 0.100. The standard InChI is InChI=1S/C11H13N3O/c1-2-11-13-7-9-5-8(10(15)6-12)3-4-14(9)11/h3-5,7H,2,6,12H2,1H3. The van der Waals surface area contributed by atoms with Gasteiger partial charge in [0.15, 0.2) is 5.78 Å². The normalized spacial score (nSPS) is 10.8. The van der Waals surface area contributed by atoms with Crippen LogP contribution >= 0.6 is 0 Å². The largest absolute Gasteiger partial charge is 0.324 e. The molecule has 0 bridgehead atoms. The molecule has 0 aliphatic carbocycles. The summed E-state index contributed by atoms with van der Waals surface area (Å²) in [5.41, 5.74) is 6.89. The van der Waals surface area contributed by atoms with Crippen molar-refractivity contribution in [3.05, 3.63) is 35.9 Å². The zero-order valence-electron chi connectivity index (χ0n) is 8.60. The second-order valence-corrected chi connectivity index (χ2v) is 3.37. The lowest BCUT2D eigenvalue weighted by Gasteiger charge is -2.01. The zero-order valence-corrected chi connectivity index (χ0v) is 8.60. The number of nitrogens with two attached hydrogens (primary N) is 1. The summed E-state index contributed by atoms with van der Waals surface area (Å²) in [5, 5.41) is 0. The van der Waals surface area contributed by atoms with Gasteiger partial charge in [-0.25, -0.2) is 4.98 Å². The Morgan fingerprint density at radius 2 is 2.40 bits per heavy atom. The number of nitrogens with zero attached hydrogens (tertiary/aromatic N) is 2. The summed E-state index contributed by atoms with van der Waals surface area (Å²) in [6, 6.07) is 3.60. The van der Waals surface area contributed by atoms with E-state index in [1.165, 1.54) is 0 Å². The third kappa shape index (κ3) is 1.64. The number of hydrogen-bond acceptors (Lipinski definition) is 3. The van der Waals surface area contributed by atoms with Crippen LogP contribution in [0.4, 0.5) is 0 Å². The van der Waals surface area contributed by atoms with E-state index in [-0.39, 0.29) is 12.3 Å². The van der Waals surface area contributed by atoms with Crippen molar-refractivity contribution in [2.75, 3.05) is 6.54 Å². The Balaban J connectivity index is 2.53. The highest BCUT2D eigenvalue weighted by atomic mass is 16.1. The van der Waals surface area contributed by atoms with Crippen molar-refractivity contribution >= 4 is 11.3 Å². The van der Waals surface area contributed by atoms with Gasteiger partial charge in [0.1, 0.15) is 5.82 Å². The second kappa shape index (κ2) is 3.82. The molecule has 0 aliphatic rings. The molecule has 78 valence electrons. The minimum atomic E-state index is -0.0447. The van der Waals surface area contributed by atoms with Crippen LogP contribution in [0, 0.1) is 0 Å². The maximum atomic E-state index is 11.4. The average molecular weight is 203 g/mol. The smallest absolute Gasteiger partial charge is 0.176 e. The number of fused-ring (bicyclic) bond motifs is 1. The van der Waals surface area contributed by atoms with Crippen LogP contribution in [0.5, 0.6) is 0 Å². The summed E-state index contributed by atoms with van der Waals surface area (Å²) in [6.45, 7) is 2.10. The Bertz CT molecular complexity index is 502. The van der Waals surface area contributed by atoms with E-state index in [0.29, 0.717) is 5.56 Å². The highest BCUT2D eigenvalue weighted by molar-refractivity contribution is 5.98. The van der Waals surface area contributed by atoms with Gasteiger partial charge in [-0.2, -0.15) is 0 Å². The van der Waals surface area contributed by atoms with Crippen LogP contribution in [-0.4, -0.2) is 21.7 Å². The first-order valence-electron chi connectivity index (χ1n) is 4.95. The van der Waals surface area contributed by atoms with Gasteiger partial charge in [-0.1, -0.05) is 6.92 Å². The number of carbonyl (C=O) groups is 1. The minimum absolute atomic E-state index is 0.0447. The molecular weight excluding hydrogens is 190 g/mol. The highest BCUT2D eigenvalue weighted by Gasteiger charge is 2.06. The van der Waals surface area contributed by atoms with Crippen LogP contribution in [-0.2, 0) is 6.42 Å². The van der Waals surface area contributed by atoms with Crippen molar-refractivity contribution in [2.45, 2.75) is 13.3 Å². The molecular formula is C11H13N3O. The summed E-state index contributed by atoms with van der Waals surface area (Å²) < 4.78 is 1.98. The number of imidazole rings is 1. The monoisotopic (exact) mass is 203 g/mol. The summed E-state index contributed by atoms with van der Waals surface area (Å²) in [5.74, 6) is 0.952. The third-order valence-corrected chi connectivity index (χ3v) is 2.43. The molecule has 0 spiro atoms. The zero-order chi connectivity index (χ0) is 10.8. The molecule has 0 unspecified atom stereocenters. The van der Waals surface area contributed by atoms with Crippen molar-refractivity contribution in [3.63, 3.8) is 0 Å². The van der Waals surface area contributed by atoms with Gasteiger partial charge in [0.2, 0.25) is 0 Å². The van der Waals surface area contributed by atoms with Gasteiger partial charge >= 0.3 is 0 Å². The van der Waals surface area contributed by atoms with Gasteiger partial charge in [0.25, 0.3) is 0 Å². The summed E-state index contributed by atoms with van der Waals surface area (Å²) in [4.78, 5) is 15.6. The Morgan fingerprint density at radius 1 is 1.60 bits per heavy atom. The average Bonchev–Trinajstić information content (AvgIpc) is 2.69. The highest BCUT2D eigenvalue weighted by Crippen LogP contribution is 2.10. The molecule has 0 atom stereocenters. The first-order valence-corrected chi connectivity index (χ1v) is 4.95. The fourth-order valence-corrected chi connectivity index (χ4v) is 1.61. The molecule has 0 saturated heterocycles. The number of carbonyl (C=O) groups excluding carboxylic acids is 1. The quantitative estimate of drug-likeness (QED) is 0.758. The van der Waals surface area contributed by atoms with Crippen molar-refractivity contribution in [1.82, 2.24) is 9.38 Å². The molecule has 2 N–H and O–H groups in total. The molecule has 15 heavy (non-hydrogen) atoms. The van der Waals surface area contributed by atoms with Crippen molar-refractivity contribution < 1.29 is 4.79 Å². The summed E-state index contributed by atoms with van der Waals surface area (Å²) in [7, 11) is 0. The van der Waals surface area contributed by atoms with Gasteiger partial charge in [0, 0.05) is 18.2 Å². The van der Waals surface area contributed by atoms with Crippen molar-refractivity contribution in [3.8, 4) is 0 Å². The van der Waals surface area contributed by atoms with Crippen LogP contribution in [0.1, 0.15) is 23.1 Å². The van der Waals surface area contributed by atoms with Gasteiger partial charge in [-0.3, -0.25) is 4.79 Å². The van der Waals surface area contributed by atoms with E-state index >= 15 is 0 Å². The van der Waals surface area contributed by atoms with E-state index in [9.17, 15) is 4.79 Å². The third-order valence-electron chi connectivity index (χ3n) is 2.43. The molecule has 0 radical (unpaired) electrons. The first-order chi connectivity index (χ1) is 7.26. The SMILES string of the molecule is CCc1ncc2cc(C(=O)CN)ccn12. The number of pyridine rings is 1. The molecule has 2 aromatic heterocycles. The second-order valence-electron chi connectivity index (χ2n) is 3.37. The number of Topliss-reactive ketones (excluding diaryl/α,β-unsaturated/α-hetero) is 1. The first kappa shape index (κ1) is 9.86. The van der Waals surface area contributed by atoms with E-state index in [2.05, 4.69) is 4.98 Å². The molecule has 4 nitrogen and oxygen atoms in total. The molecule has 2 aromatic rings. The molecule has 0 aromatic carbocycles. The van der Waals surface area contributed by atoms with E-state index in [4.69, 9.17) is 5.73 Å². The number of aromatic nitrogens is 2. The molecule has 0 amide bonds. The minimum Gasteiger partial charge on any atom is -0.324 e. The van der Waals surface area contributed by atoms with Gasteiger partial charge < -0.3 is 10.1 Å². The van der Waals surface area contributed by atoms with E-state index in [1.54, 1.807) is 12.3 Å². The number of aryl methyl sites for hydroxylation is 1. The van der Waals surface area contributed by atoms with Crippen LogP contribution in [0.25, 0.3) is 5.52 Å². The van der Waals surface area contributed by atoms with E-state index < -0.39 is 0 Å².